The number of carbonyl (C=O) groups is 1. The summed E-state index contributed by atoms with van der Waals surface area (Å²) in [4.78, 5) is 15.0. The molecule has 1 aliphatic heterocycles. The van der Waals surface area contributed by atoms with Gasteiger partial charge in [0, 0.05) is 6.04 Å². The lowest BCUT2D eigenvalue weighted by atomic mass is 10.0. The molecule has 31 heavy (non-hydrogen) atoms. The summed E-state index contributed by atoms with van der Waals surface area (Å²) in [6.07, 6.45) is 2.04. The number of hydrogen-bond acceptors (Lipinski definition) is 5. The number of hydrogen-bond donors (Lipinski definition) is 0. The van der Waals surface area contributed by atoms with Gasteiger partial charge in [-0.1, -0.05) is 60.7 Å². The minimum Gasteiger partial charge on any atom is -0.467 e. The van der Waals surface area contributed by atoms with Crippen LogP contribution in [-0.4, -0.2) is 42.5 Å². The Kier molecular flexibility index (Phi) is 6.83. The van der Waals surface area contributed by atoms with E-state index in [-0.39, 0.29) is 41.0 Å². The van der Waals surface area contributed by atoms with Gasteiger partial charge >= 0.3 is 0 Å². The van der Waals surface area contributed by atoms with E-state index in [9.17, 15) is 13.2 Å². The SMILES string of the molecule is O=C(CSC(c1ccccc1)c1ccccc1)N(Cc1ccco1)C1CCS(=O)(=O)C1. The molecule has 1 saturated heterocycles. The molecule has 1 unspecified atom stereocenters. The van der Waals surface area contributed by atoms with Gasteiger partial charge in [-0.25, -0.2) is 8.42 Å². The summed E-state index contributed by atoms with van der Waals surface area (Å²) in [5, 5.41) is 0.0177. The molecule has 162 valence electrons. The summed E-state index contributed by atoms with van der Waals surface area (Å²) < 4.78 is 29.5. The van der Waals surface area contributed by atoms with E-state index in [1.165, 1.54) is 0 Å². The first kappa shape index (κ1) is 21.7. The number of nitrogens with zero attached hydrogens (tertiary/aromatic N) is 1. The van der Waals surface area contributed by atoms with E-state index in [0.29, 0.717) is 12.2 Å². The molecule has 0 spiro atoms. The Morgan fingerprint density at radius 1 is 1.00 bits per heavy atom. The second-order valence-corrected chi connectivity index (χ2v) is 11.0. The standard InChI is InChI=1S/C24H25NO4S2/c26-23(25(16-22-12-7-14-29-22)21-13-15-31(27,28)18-21)17-30-24(19-8-3-1-4-9-19)20-10-5-2-6-11-20/h1-12,14,21,24H,13,15-18H2. The van der Waals surface area contributed by atoms with Crippen LogP contribution in [0.25, 0.3) is 0 Å². The topological polar surface area (TPSA) is 67.6 Å². The number of thioether (sulfide) groups is 1. The average Bonchev–Trinajstić information content (AvgIpc) is 3.42. The van der Waals surface area contributed by atoms with E-state index in [1.807, 2.05) is 42.5 Å². The van der Waals surface area contributed by atoms with Crippen molar-refractivity contribution in [2.75, 3.05) is 17.3 Å². The molecule has 1 amide bonds. The zero-order chi connectivity index (χ0) is 21.7. The predicted molar refractivity (Wildman–Crippen MR) is 124 cm³/mol. The summed E-state index contributed by atoms with van der Waals surface area (Å²) in [5.74, 6) is 0.991. The van der Waals surface area contributed by atoms with Gasteiger partial charge in [0.15, 0.2) is 9.84 Å². The first-order valence-corrected chi connectivity index (χ1v) is 13.1. The molecule has 0 saturated carbocycles. The number of rotatable bonds is 8. The maximum Gasteiger partial charge on any atom is 0.233 e. The van der Waals surface area contributed by atoms with Crippen molar-refractivity contribution in [3.8, 4) is 0 Å². The molecule has 1 aliphatic rings. The lowest BCUT2D eigenvalue weighted by Crippen LogP contribution is -2.41. The molecule has 0 radical (unpaired) electrons. The zero-order valence-corrected chi connectivity index (χ0v) is 18.7. The Morgan fingerprint density at radius 2 is 1.65 bits per heavy atom. The lowest BCUT2D eigenvalue weighted by molar-refractivity contribution is -0.131. The summed E-state index contributed by atoms with van der Waals surface area (Å²) in [6, 6.07) is 23.5. The van der Waals surface area contributed by atoms with E-state index in [2.05, 4.69) is 24.3 Å². The van der Waals surface area contributed by atoms with Gasteiger partial charge in [0.1, 0.15) is 5.76 Å². The fraction of sp³-hybridized carbons (Fsp3) is 0.292. The van der Waals surface area contributed by atoms with Crippen LogP contribution in [0.3, 0.4) is 0 Å². The number of sulfone groups is 1. The van der Waals surface area contributed by atoms with Crippen molar-refractivity contribution in [1.29, 1.82) is 0 Å². The first-order chi connectivity index (χ1) is 15.0. The molecular weight excluding hydrogens is 430 g/mol. The fourth-order valence-electron chi connectivity index (χ4n) is 3.89. The third-order valence-corrected chi connectivity index (χ3v) is 8.50. The molecule has 0 N–H and O–H groups in total. The molecule has 7 heteroatoms. The second kappa shape index (κ2) is 9.75. The third kappa shape index (κ3) is 5.60. The van der Waals surface area contributed by atoms with Crippen LogP contribution in [0.2, 0.25) is 0 Å². The number of amides is 1. The maximum atomic E-state index is 13.3. The van der Waals surface area contributed by atoms with Gasteiger partial charge in [-0.05, 0) is 29.7 Å². The van der Waals surface area contributed by atoms with Crippen LogP contribution in [0.15, 0.2) is 83.5 Å². The molecule has 3 aromatic rings. The van der Waals surface area contributed by atoms with Gasteiger partial charge in [-0.15, -0.1) is 11.8 Å². The van der Waals surface area contributed by atoms with E-state index in [0.717, 1.165) is 11.1 Å². The van der Waals surface area contributed by atoms with E-state index in [1.54, 1.807) is 29.0 Å². The van der Waals surface area contributed by atoms with Crippen LogP contribution in [-0.2, 0) is 21.2 Å². The molecule has 4 rings (SSSR count). The number of benzene rings is 2. The molecule has 0 bridgehead atoms. The summed E-state index contributed by atoms with van der Waals surface area (Å²) in [7, 11) is -3.10. The normalized spacial score (nSPS) is 17.6. The summed E-state index contributed by atoms with van der Waals surface area (Å²) >= 11 is 1.56. The highest BCUT2D eigenvalue weighted by atomic mass is 32.2. The third-order valence-electron chi connectivity index (χ3n) is 5.45. The van der Waals surface area contributed by atoms with Crippen molar-refractivity contribution in [2.45, 2.75) is 24.3 Å². The van der Waals surface area contributed by atoms with Crippen molar-refractivity contribution in [2.24, 2.45) is 0 Å². The molecule has 2 aromatic carbocycles. The zero-order valence-electron chi connectivity index (χ0n) is 17.1. The largest absolute Gasteiger partial charge is 0.467 e. The monoisotopic (exact) mass is 455 g/mol. The van der Waals surface area contributed by atoms with Crippen LogP contribution in [0, 0.1) is 0 Å². The first-order valence-electron chi connectivity index (χ1n) is 10.3. The minimum atomic E-state index is -3.10. The van der Waals surface area contributed by atoms with E-state index in [4.69, 9.17) is 4.42 Å². The van der Waals surface area contributed by atoms with Crippen molar-refractivity contribution < 1.29 is 17.6 Å². The lowest BCUT2D eigenvalue weighted by Gasteiger charge is -2.28. The van der Waals surface area contributed by atoms with Crippen LogP contribution >= 0.6 is 11.8 Å². The van der Waals surface area contributed by atoms with E-state index < -0.39 is 9.84 Å². The van der Waals surface area contributed by atoms with Crippen molar-refractivity contribution in [1.82, 2.24) is 4.90 Å². The predicted octanol–water partition coefficient (Wildman–Crippen LogP) is 4.32. The highest BCUT2D eigenvalue weighted by molar-refractivity contribution is 8.00. The van der Waals surface area contributed by atoms with Crippen molar-refractivity contribution in [3.05, 3.63) is 95.9 Å². The molecule has 1 atom stereocenters. The van der Waals surface area contributed by atoms with Gasteiger partial charge in [-0.2, -0.15) is 0 Å². The Bertz CT molecular complexity index is 1040. The highest BCUT2D eigenvalue weighted by Gasteiger charge is 2.35. The van der Waals surface area contributed by atoms with Crippen LogP contribution in [0.5, 0.6) is 0 Å². The Balaban J connectivity index is 1.52. The van der Waals surface area contributed by atoms with Gasteiger partial charge in [0.2, 0.25) is 5.91 Å². The smallest absolute Gasteiger partial charge is 0.233 e. The van der Waals surface area contributed by atoms with Gasteiger partial charge < -0.3 is 9.32 Å². The van der Waals surface area contributed by atoms with Crippen LogP contribution in [0.1, 0.15) is 28.6 Å². The molecule has 2 heterocycles. The Labute approximate surface area is 187 Å². The number of furan rings is 1. The Hall–Kier alpha value is -2.51. The summed E-state index contributed by atoms with van der Waals surface area (Å²) in [5.41, 5.74) is 2.26. The quantitative estimate of drug-likeness (QED) is 0.506. The second-order valence-electron chi connectivity index (χ2n) is 7.67. The molecule has 5 nitrogen and oxygen atoms in total. The van der Waals surface area contributed by atoms with Crippen molar-refractivity contribution in [3.63, 3.8) is 0 Å². The van der Waals surface area contributed by atoms with Crippen molar-refractivity contribution >= 4 is 27.5 Å². The summed E-state index contributed by atoms with van der Waals surface area (Å²) in [6.45, 7) is 0.286. The molecular formula is C24H25NO4S2. The average molecular weight is 456 g/mol. The Morgan fingerprint density at radius 3 is 2.16 bits per heavy atom. The maximum absolute atomic E-state index is 13.3. The molecule has 0 aliphatic carbocycles. The van der Waals surface area contributed by atoms with Gasteiger partial charge in [0.05, 0.1) is 35.3 Å². The minimum absolute atomic E-state index is 0.0177. The fourth-order valence-corrected chi connectivity index (χ4v) is 6.80. The highest BCUT2D eigenvalue weighted by Crippen LogP contribution is 2.36. The molecule has 1 fully saturated rings. The van der Waals surface area contributed by atoms with Gasteiger partial charge in [0.25, 0.3) is 0 Å². The van der Waals surface area contributed by atoms with E-state index >= 15 is 0 Å². The number of carbonyl (C=O) groups excluding carboxylic acids is 1. The van der Waals surface area contributed by atoms with Crippen LogP contribution in [0.4, 0.5) is 0 Å². The van der Waals surface area contributed by atoms with Crippen LogP contribution < -0.4 is 0 Å². The molecule has 1 aromatic heterocycles. The van der Waals surface area contributed by atoms with Gasteiger partial charge in [-0.3, -0.25) is 4.79 Å².